The molecule has 7 nitrogen and oxygen atoms in total. The SMILES string of the molecule is Cc1cc(NC(=O)Cc2ccc(NS(=O)(=O)c3cccs3)cc2)n[nH]1. The number of nitrogens with one attached hydrogen (secondary N) is 3. The van der Waals surface area contributed by atoms with Gasteiger partial charge in [0.15, 0.2) is 5.82 Å². The van der Waals surface area contributed by atoms with E-state index in [1.54, 1.807) is 47.8 Å². The summed E-state index contributed by atoms with van der Waals surface area (Å²) in [6.07, 6.45) is 0.170. The average Bonchev–Trinajstić information content (AvgIpc) is 3.21. The monoisotopic (exact) mass is 376 g/mol. The van der Waals surface area contributed by atoms with Crippen LogP contribution in [0.4, 0.5) is 11.5 Å². The fourth-order valence-corrected chi connectivity index (χ4v) is 4.22. The highest BCUT2D eigenvalue weighted by Crippen LogP contribution is 2.20. The molecule has 0 aliphatic carbocycles. The third kappa shape index (κ3) is 4.46. The molecule has 3 aromatic rings. The number of sulfonamides is 1. The topological polar surface area (TPSA) is 104 Å². The molecular formula is C16H16N4O3S2. The number of H-pyrrole nitrogens is 1. The number of aryl methyl sites for hydroxylation is 1. The number of rotatable bonds is 6. The minimum atomic E-state index is -3.57. The van der Waals surface area contributed by atoms with Crippen molar-refractivity contribution in [1.82, 2.24) is 10.2 Å². The van der Waals surface area contributed by atoms with Gasteiger partial charge < -0.3 is 5.32 Å². The van der Waals surface area contributed by atoms with Crippen LogP contribution in [0, 0.1) is 6.92 Å². The van der Waals surface area contributed by atoms with Gasteiger partial charge in [0, 0.05) is 17.4 Å². The zero-order valence-electron chi connectivity index (χ0n) is 13.3. The van der Waals surface area contributed by atoms with Crippen LogP contribution in [0.25, 0.3) is 0 Å². The fraction of sp³-hybridized carbons (Fsp3) is 0.125. The fourth-order valence-electron chi connectivity index (χ4n) is 2.17. The second-order valence-corrected chi connectivity index (χ2v) is 8.25. The van der Waals surface area contributed by atoms with Gasteiger partial charge in [0.25, 0.3) is 10.0 Å². The summed E-state index contributed by atoms with van der Waals surface area (Å²) in [6.45, 7) is 1.85. The van der Waals surface area contributed by atoms with Gasteiger partial charge in [0.1, 0.15) is 4.21 Å². The van der Waals surface area contributed by atoms with Crippen LogP contribution in [0.5, 0.6) is 0 Å². The molecule has 130 valence electrons. The van der Waals surface area contributed by atoms with Crippen molar-refractivity contribution in [2.24, 2.45) is 0 Å². The highest BCUT2D eigenvalue weighted by molar-refractivity contribution is 7.94. The molecule has 0 bridgehead atoms. The van der Waals surface area contributed by atoms with Gasteiger partial charge in [-0.1, -0.05) is 18.2 Å². The van der Waals surface area contributed by atoms with Crippen molar-refractivity contribution < 1.29 is 13.2 Å². The van der Waals surface area contributed by atoms with E-state index in [-0.39, 0.29) is 16.5 Å². The molecule has 1 aromatic carbocycles. The van der Waals surface area contributed by atoms with Crippen molar-refractivity contribution in [1.29, 1.82) is 0 Å². The molecule has 3 N–H and O–H groups in total. The van der Waals surface area contributed by atoms with E-state index in [2.05, 4.69) is 20.2 Å². The number of anilines is 2. The Hall–Kier alpha value is -2.65. The molecule has 2 aromatic heterocycles. The molecule has 9 heteroatoms. The van der Waals surface area contributed by atoms with Gasteiger partial charge in [-0.25, -0.2) is 8.42 Å². The van der Waals surface area contributed by atoms with E-state index in [4.69, 9.17) is 0 Å². The molecule has 0 atom stereocenters. The second-order valence-electron chi connectivity index (χ2n) is 5.40. The summed E-state index contributed by atoms with van der Waals surface area (Å²) < 4.78 is 27.1. The predicted octanol–water partition coefficient (Wildman–Crippen LogP) is 2.76. The lowest BCUT2D eigenvalue weighted by Gasteiger charge is -2.07. The first-order valence-corrected chi connectivity index (χ1v) is 9.76. The van der Waals surface area contributed by atoms with Crippen molar-refractivity contribution in [3.05, 3.63) is 59.1 Å². The summed E-state index contributed by atoms with van der Waals surface area (Å²) in [5.74, 6) is 0.279. The maximum Gasteiger partial charge on any atom is 0.271 e. The highest BCUT2D eigenvalue weighted by atomic mass is 32.2. The Labute approximate surface area is 149 Å². The molecule has 0 fully saturated rings. The van der Waals surface area contributed by atoms with Crippen LogP contribution in [-0.2, 0) is 21.2 Å². The predicted molar refractivity (Wildman–Crippen MR) is 97.2 cm³/mol. The minimum Gasteiger partial charge on any atom is -0.309 e. The molecule has 3 rings (SSSR count). The van der Waals surface area contributed by atoms with Crippen molar-refractivity contribution in [3.8, 4) is 0 Å². The number of carbonyl (C=O) groups is 1. The molecule has 0 saturated heterocycles. The van der Waals surface area contributed by atoms with Crippen LogP contribution < -0.4 is 10.0 Å². The third-order valence-electron chi connectivity index (χ3n) is 3.30. The smallest absolute Gasteiger partial charge is 0.271 e. The van der Waals surface area contributed by atoms with Gasteiger partial charge in [-0.3, -0.25) is 14.6 Å². The molecule has 0 radical (unpaired) electrons. The van der Waals surface area contributed by atoms with Gasteiger partial charge in [-0.2, -0.15) is 5.10 Å². The molecule has 1 amide bonds. The van der Waals surface area contributed by atoms with Crippen molar-refractivity contribution in [2.45, 2.75) is 17.6 Å². The van der Waals surface area contributed by atoms with Gasteiger partial charge >= 0.3 is 0 Å². The number of nitrogens with zero attached hydrogens (tertiary/aromatic N) is 1. The normalized spacial score (nSPS) is 11.2. The van der Waals surface area contributed by atoms with Gasteiger partial charge in [0.2, 0.25) is 5.91 Å². The summed E-state index contributed by atoms with van der Waals surface area (Å²) in [7, 11) is -3.57. The Morgan fingerprint density at radius 1 is 1.24 bits per heavy atom. The first-order valence-electron chi connectivity index (χ1n) is 7.39. The quantitative estimate of drug-likeness (QED) is 0.615. The number of hydrogen-bond acceptors (Lipinski definition) is 5. The van der Waals surface area contributed by atoms with Crippen LogP contribution in [0.15, 0.2) is 52.1 Å². The first-order chi connectivity index (χ1) is 11.9. The van der Waals surface area contributed by atoms with Crippen LogP contribution in [-0.4, -0.2) is 24.5 Å². The molecule has 0 aliphatic rings. The van der Waals surface area contributed by atoms with Crippen molar-refractivity contribution in [3.63, 3.8) is 0 Å². The van der Waals surface area contributed by atoms with Gasteiger partial charge in [0.05, 0.1) is 6.42 Å². The van der Waals surface area contributed by atoms with Gasteiger partial charge in [-0.05, 0) is 36.1 Å². The number of benzene rings is 1. The Bertz CT molecular complexity index is 961. The first kappa shape index (κ1) is 17.2. The number of aromatic nitrogens is 2. The number of thiophene rings is 1. The molecule has 0 saturated carbocycles. The summed E-state index contributed by atoms with van der Waals surface area (Å²) in [5.41, 5.74) is 2.07. The maximum atomic E-state index is 12.2. The molecule has 0 aliphatic heterocycles. The van der Waals surface area contributed by atoms with E-state index in [0.29, 0.717) is 11.5 Å². The molecular weight excluding hydrogens is 360 g/mol. The Morgan fingerprint density at radius 2 is 2.00 bits per heavy atom. The number of aromatic amines is 1. The van der Waals surface area contributed by atoms with E-state index in [1.807, 2.05) is 6.92 Å². The van der Waals surface area contributed by atoms with Crippen LogP contribution in [0.2, 0.25) is 0 Å². The molecule has 25 heavy (non-hydrogen) atoms. The Kier molecular flexibility index (Phi) is 4.86. The zero-order valence-corrected chi connectivity index (χ0v) is 14.9. The van der Waals surface area contributed by atoms with E-state index in [0.717, 1.165) is 22.6 Å². The standard InChI is InChI=1S/C16H16N4O3S2/c1-11-9-14(19-18-11)17-15(21)10-12-4-6-13(7-5-12)20-25(22,23)16-3-2-8-24-16/h2-9,20H,10H2,1H3,(H2,17,18,19,21). The number of hydrogen-bond donors (Lipinski definition) is 3. The van der Waals surface area contributed by atoms with E-state index >= 15 is 0 Å². The summed E-state index contributed by atoms with van der Waals surface area (Å²) >= 11 is 1.15. The number of carbonyl (C=O) groups excluding carboxylic acids is 1. The lowest BCUT2D eigenvalue weighted by atomic mass is 10.1. The molecule has 0 spiro atoms. The van der Waals surface area contributed by atoms with Crippen molar-refractivity contribution in [2.75, 3.05) is 10.0 Å². The van der Waals surface area contributed by atoms with E-state index in [9.17, 15) is 13.2 Å². The lowest BCUT2D eigenvalue weighted by molar-refractivity contribution is -0.115. The average molecular weight is 376 g/mol. The van der Waals surface area contributed by atoms with E-state index < -0.39 is 10.0 Å². The van der Waals surface area contributed by atoms with Crippen LogP contribution in [0.1, 0.15) is 11.3 Å². The zero-order chi connectivity index (χ0) is 17.9. The second kappa shape index (κ2) is 7.08. The number of amides is 1. The van der Waals surface area contributed by atoms with Crippen LogP contribution in [0.3, 0.4) is 0 Å². The van der Waals surface area contributed by atoms with E-state index in [1.165, 1.54) is 0 Å². The lowest BCUT2D eigenvalue weighted by Crippen LogP contribution is -2.15. The minimum absolute atomic E-state index is 0.170. The van der Waals surface area contributed by atoms with Crippen molar-refractivity contribution >= 4 is 38.8 Å². The van der Waals surface area contributed by atoms with Crippen LogP contribution >= 0.6 is 11.3 Å². The summed E-state index contributed by atoms with van der Waals surface area (Å²) in [5, 5.41) is 11.1. The molecule has 0 unspecified atom stereocenters. The maximum absolute atomic E-state index is 12.2. The van der Waals surface area contributed by atoms with Gasteiger partial charge in [-0.15, -0.1) is 11.3 Å². The molecule has 2 heterocycles. The Balaban J connectivity index is 1.61. The summed E-state index contributed by atoms with van der Waals surface area (Å²) in [6, 6.07) is 11.6. The summed E-state index contributed by atoms with van der Waals surface area (Å²) in [4.78, 5) is 12.0. The third-order valence-corrected chi connectivity index (χ3v) is 6.08. The Morgan fingerprint density at radius 3 is 2.60 bits per heavy atom. The highest BCUT2D eigenvalue weighted by Gasteiger charge is 2.15. The largest absolute Gasteiger partial charge is 0.309 e.